The van der Waals surface area contributed by atoms with Crippen molar-refractivity contribution in [2.24, 2.45) is 5.92 Å². The van der Waals surface area contributed by atoms with Crippen LogP contribution in [0.1, 0.15) is 56.7 Å². The monoisotopic (exact) mass is 565 g/mol. The molecule has 1 saturated carbocycles. The smallest absolute Gasteiger partial charge is 0.223 e. The number of nitrogens with zero attached hydrogens (tertiary/aromatic N) is 1. The van der Waals surface area contributed by atoms with Crippen LogP contribution in [0, 0.1) is 5.92 Å². The van der Waals surface area contributed by atoms with Crippen molar-refractivity contribution < 1.29 is 22.7 Å². The fourth-order valence-corrected chi connectivity index (χ4v) is 5.99. The Labute approximate surface area is 237 Å². The van der Waals surface area contributed by atoms with E-state index in [1.807, 2.05) is 48.5 Å². The van der Waals surface area contributed by atoms with Crippen LogP contribution < -0.4 is 19.5 Å². The zero-order valence-corrected chi connectivity index (χ0v) is 24.7. The number of methoxy groups -OCH3 is 1. The van der Waals surface area contributed by atoms with Gasteiger partial charge in [-0.3, -0.25) is 4.79 Å². The summed E-state index contributed by atoms with van der Waals surface area (Å²) in [5.41, 5.74) is 4.49. The Morgan fingerprint density at radius 2 is 1.80 bits per heavy atom. The number of nitrogens with one attached hydrogen (secondary N) is 2. The molecule has 0 unspecified atom stereocenters. The maximum Gasteiger partial charge on any atom is 0.223 e. The first-order valence-electron chi connectivity index (χ1n) is 13.5. The van der Waals surface area contributed by atoms with Crippen molar-refractivity contribution >= 4 is 15.9 Å². The van der Waals surface area contributed by atoms with Crippen molar-refractivity contribution in [3.63, 3.8) is 0 Å². The fourth-order valence-electron chi connectivity index (χ4n) is 5.17. The van der Waals surface area contributed by atoms with Crippen molar-refractivity contribution in [2.75, 3.05) is 13.4 Å². The summed E-state index contributed by atoms with van der Waals surface area (Å²) in [5, 5.41) is 3.09. The minimum Gasteiger partial charge on any atom is -0.496 e. The molecule has 1 aromatic heterocycles. The van der Waals surface area contributed by atoms with Crippen LogP contribution in [0.2, 0.25) is 0 Å². The molecule has 0 spiro atoms. The Bertz CT molecular complexity index is 1440. The Hall–Kier alpha value is -3.43. The first-order chi connectivity index (χ1) is 18.9. The summed E-state index contributed by atoms with van der Waals surface area (Å²) in [6, 6.07) is 17.7. The number of ether oxygens (including phenoxy) is 2. The summed E-state index contributed by atoms with van der Waals surface area (Å²) in [6.07, 6.45) is 4.62. The van der Waals surface area contributed by atoms with Gasteiger partial charge in [-0.25, -0.2) is 18.1 Å². The number of hydrogen-bond acceptors (Lipinski definition) is 6. The molecule has 1 amide bonds. The Balaban J connectivity index is 1.62. The van der Waals surface area contributed by atoms with Crippen LogP contribution in [0.4, 0.5) is 0 Å². The topological polar surface area (TPSA) is 107 Å². The highest BCUT2D eigenvalue weighted by molar-refractivity contribution is 7.88. The number of carbonyl (C=O) groups is 1. The highest BCUT2D eigenvalue weighted by atomic mass is 32.2. The zero-order valence-electron chi connectivity index (χ0n) is 23.9. The molecule has 2 atom stereocenters. The molecule has 214 valence electrons. The quantitative estimate of drug-likeness (QED) is 0.360. The lowest BCUT2D eigenvalue weighted by atomic mass is 9.83. The van der Waals surface area contributed by atoms with Crippen molar-refractivity contribution in [3.8, 4) is 22.8 Å². The maximum absolute atomic E-state index is 13.1. The molecule has 2 aromatic carbocycles. The molecule has 1 fully saturated rings. The van der Waals surface area contributed by atoms with Gasteiger partial charge in [0.05, 0.1) is 13.4 Å². The van der Waals surface area contributed by atoms with Gasteiger partial charge in [-0.2, -0.15) is 0 Å². The first kappa shape index (κ1) is 29.6. The molecule has 0 bridgehead atoms. The molecular weight excluding hydrogens is 526 g/mol. The number of pyridine rings is 1. The second-order valence-corrected chi connectivity index (χ2v) is 13.2. The van der Waals surface area contributed by atoms with E-state index in [1.54, 1.807) is 13.3 Å². The number of carbonyl (C=O) groups excluding carboxylic acids is 1. The van der Waals surface area contributed by atoms with Crippen molar-refractivity contribution in [1.82, 2.24) is 15.0 Å². The summed E-state index contributed by atoms with van der Waals surface area (Å²) in [6.45, 7) is 7.06. The minimum atomic E-state index is -3.31. The van der Waals surface area contributed by atoms with E-state index in [0.717, 1.165) is 39.8 Å². The van der Waals surface area contributed by atoms with Gasteiger partial charge in [-0.15, -0.1) is 0 Å². The molecule has 0 saturated heterocycles. The van der Waals surface area contributed by atoms with Crippen LogP contribution in [0.5, 0.6) is 11.6 Å². The van der Waals surface area contributed by atoms with E-state index in [0.29, 0.717) is 31.7 Å². The molecule has 1 aliphatic rings. The average molecular weight is 566 g/mol. The average Bonchev–Trinajstić information content (AvgIpc) is 3.37. The van der Waals surface area contributed by atoms with Crippen molar-refractivity contribution in [1.29, 1.82) is 0 Å². The van der Waals surface area contributed by atoms with Gasteiger partial charge in [0, 0.05) is 35.8 Å². The van der Waals surface area contributed by atoms with Gasteiger partial charge in [-0.1, -0.05) is 51.1 Å². The van der Waals surface area contributed by atoms with Crippen LogP contribution in [0.25, 0.3) is 11.1 Å². The van der Waals surface area contributed by atoms with Crippen LogP contribution >= 0.6 is 0 Å². The second kappa shape index (κ2) is 12.4. The van der Waals surface area contributed by atoms with Crippen LogP contribution in [-0.4, -0.2) is 38.7 Å². The Morgan fingerprint density at radius 3 is 2.48 bits per heavy atom. The number of rotatable bonds is 10. The Kier molecular flexibility index (Phi) is 9.15. The molecule has 2 N–H and O–H groups in total. The van der Waals surface area contributed by atoms with E-state index < -0.39 is 10.0 Å². The van der Waals surface area contributed by atoms with Crippen LogP contribution in [0.15, 0.2) is 60.8 Å². The van der Waals surface area contributed by atoms with Crippen LogP contribution in [-0.2, 0) is 33.4 Å². The highest BCUT2D eigenvalue weighted by Gasteiger charge is 2.31. The predicted molar refractivity (Wildman–Crippen MR) is 157 cm³/mol. The second-order valence-electron chi connectivity index (χ2n) is 11.4. The van der Waals surface area contributed by atoms with E-state index in [2.05, 4.69) is 41.9 Å². The number of hydrogen-bond donors (Lipinski definition) is 2. The van der Waals surface area contributed by atoms with Crippen molar-refractivity contribution in [3.05, 3.63) is 77.5 Å². The lowest BCUT2D eigenvalue weighted by molar-refractivity contribution is -0.125. The predicted octanol–water partition coefficient (Wildman–Crippen LogP) is 4.97. The molecule has 4 rings (SSSR count). The summed E-state index contributed by atoms with van der Waals surface area (Å²) in [5.74, 6) is 0.917. The van der Waals surface area contributed by atoms with E-state index in [9.17, 15) is 13.2 Å². The van der Waals surface area contributed by atoms with Gasteiger partial charge in [0.2, 0.25) is 21.8 Å². The number of amides is 1. The molecular formula is C31H39N3O5S. The molecule has 0 aliphatic heterocycles. The zero-order chi connectivity index (χ0) is 28.9. The number of sulfonamides is 1. The maximum atomic E-state index is 13.1. The molecule has 1 heterocycles. The van der Waals surface area contributed by atoms with E-state index in [-0.39, 0.29) is 29.8 Å². The highest BCUT2D eigenvalue weighted by Crippen LogP contribution is 2.40. The van der Waals surface area contributed by atoms with Crippen molar-refractivity contribution in [2.45, 2.75) is 64.6 Å². The molecule has 8 nitrogen and oxygen atoms in total. The third-order valence-corrected chi connectivity index (χ3v) is 7.91. The largest absolute Gasteiger partial charge is 0.496 e. The normalized spacial score (nSPS) is 17.4. The van der Waals surface area contributed by atoms with Gasteiger partial charge in [0.1, 0.15) is 12.4 Å². The van der Waals surface area contributed by atoms with Gasteiger partial charge in [0.25, 0.3) is 0 Å². The molecule has 40 heavy (non-hydrogen) atoms. The first-order valence-corrected chi connectivity index (χ1v) is 15.4. The molecule has 1 aliphatic carbocycles. The minimum absolute atomic E-state index is 0.0886. The summed E-state index contributed by atoms with van der Waals surface area (Å²) < 4.78 is 37.8. The third kappa shape index (κ3) is 7.61. The lowest BCUT2D eigenvalue weighted by Crippen LogP contribution is -2.34. The van der Waals surface area contributed by atoms with Gasteiger partial charge in [0.15, 0.2) is 0 Å². The van der Waals surface area contributed by atoms with E-state index >= 15 is 0 Å². The van der Waals surface area contributed by atoms with E-state index in [4.69, 9.17) is 9.47 Å². The Morgan fingerprint density at radius 1 is 1.05 bits per heavy atom. The molecule has 3 aromatic rings. The van der Waals surface area contributed by atoms with Gasteiger partial charge in [-0.05, 0) is 65.6 Å². The fraction of sp³-hybridized carbons (Fsp3) is 0.419. The summed E-state index contributed by atoms with van der Waals surface area (Å²) in [4.78, 5) is 17.7. The number of aromatic nitrogens is 1. The third-order valence-electron chi connectivity index (χ3n) is 7.15. The van der Waals surface area contributed by atoms with E-state index in [1.165, 1.54) is 0 Å². The molecule has 0 radical (unpaired) electrons. The standard InChI is InChI=1S/C31H39N3O5S/c1-31(2,3)27-18-26(25-12-9-15-32-30(25)39-20-21-10-7-6-8-11-21)23(17-28(27)38-4)19-33-29(35)22-13-14-24(16-22)34-40(5,36)37/h6-12,15,17-18,22,24,34H,13-14,16,19-20H2,1-5H3,(H,33,35)/t22-,24-/m0/s1. The van der Waals surface area contributed by atoms with Crippen LogP contribution in [0.3, 0.4) is 0 Å². The summed E-state index contributed by atoms with van der Waals surface area (Å²) in [7, 11) is -1.66. The SMILES string of the molecule is COc1cc(CNC(=O)[C@H]2CC[C@H](NS(C)(=O)=O)C2)c(-c2cccnc2OCc2ccccc2)cc1C(C)(C)C. The van der Waals surface area contributed by atoms with Gasteiger partial charge < -0.3 is 14.8 Å². The van der Waals surface area contributed by atoms with Gasteiger partial charge >= 0.3 is 0 Å². The number of benzene rings is 2. The summed E-state index contributed by atoms with van der Waals surface area (Å²) >= 11 is 0. The lowest BCUT2D eigenvalue weighted by Gasteiger charge is -2.25. The molecule has 9 heteroatoms.